The lowest BCUT2D eigenvalue weighted by atomic mass is 10.1. The number of ether oxygens (including phenoxy) is 2. The summed E-state index contributed by atoms with van der Waals surface area (Å²) < 4.78 is 19.1. The Morgan fingerprint density at radius 2 is 1.97 bits per heavy atom. The second kappa shape index (κ2) is 8.05. The maximum absolute atomic E-state index is 6.43. The van der Waals surface area contributed by atoms with Crippen molar-refractivity contribution in [2.75, 3.05) is 13.7 Å². The van der Waals surface area contributed by atoms with Gasteiger partial charge in [0.2, 0.25) is 0 Å². The molecule has 0 aliphatic rings. The molecular weight excluding hydrogens is 406 g/mol. The van der Waals surface area contributed by atoms with Crippen LogP contribution >= 0.6 is 0 Å². The van der Waals surface area contributed by atoms with Crippen molar-refractivity contribution in [3.8, 4) is 23.1 Å². The molecule has 5 aromatic rings. The molecule has 0 saturated carbocycles. The van der Waals surface area contributed by atoms with Crippen LogP contribution in [0, 0.1) is 6.92 Å². The third-order valence-corrected chi connectivity index (χ3v) is 5.69. The molecular formula is C24H25N5O3. The fourth-order valence-electron chi connectivity index (χ4n) is 4.14. The van der Waals surface area contributed by atoms with Gasteiger partial charge >= 0.3 is 0 Å². The van der Waals surface area contributed by atoms with Crippen molar-refractivity contribution < 1.29 is 14.0 Å². The molecule has 0 aliphatic carbocycles. The number of fused-ring (bicyclic) bond motifs is 2. The number of aromatic amines is 1. The number of para-hydroxylation sites is 1. The Balaban J connectivity index is 1.41. The van der Waals surface area contributed by atoms with Crippen molar-refractivity contribution >= 4 is 21.8 Å². The summed E-state index contributed by atoms with van der Waals surface area (Å²) in [4.78, 5) is 7.66. The van der Waals surface area contributed by atoms with Crippen LogP contribution in [0.1, 0.15) is 11.4 Å². The summed E-state index contributed by atoms with van der Waals surface area (Å²) in [5, 5.41) is 6.00. The summed E-state index contributed by atoms with van der Waals surface area (Å²) in [7, 11) is 3.59. The Morgan fingerprint density at radius 1 is 1.16 bits per heavy atom. The molecule has 0 fully saturated rings. The highest BCUT2D eigenvalue weighted by molar-refractivity contribution is 5.95. The van der Waals surface area contributed by atoms with Gasteiger partial charge in [0.1, 0.15) is 23.8 Å². The number of methoxy groups -OCH3 is 1. The van der Waals surface area contributed by atoms with Gasteiger partial charge in [0.15, 0.2) is 5.82 Å². The maximum atomic E-state index is 6.43. The van der Waals surface area contributed by atoms with Crippen molar-refractivity contribution in [1.82, 2.24) is 19.7 Å². The number of nitrogens with zero attached hydrogens (tertiary/aromatic N) is 3. The standard InChI is InChI=1S/C24H25N5O3/c1-14-27-24(32-28-14)20-11-18-21(8-9-22(30-3)23(18)29(20)2)31-13-16(25)10-15-12-26-19-7-5-4-6-17(15)19/h4-9,11-12,16,26H,10,13,25H2,1-3H3/t16-/m1/s1. The van der Waals surface area contributed by atoms with Crippen molar-refractivity contribution in [1.29, 1.82) is 0 Å². The molecule has 2 aromatic carbocycles. The third-order valence-electron chi connectivity index (χ3n) is 5.69. The number of hydrogen-bond acceptors (Lipinski definition) is 6. The Bertz CT molecular complexity index is 1400. The first-order valence-electron chi connectivity index (χ1n) is 10.5. The number of nitrogens with two attached hydrogens (primary N) is 1. The van der Waals surface area contributed by atoms with E-state index in [9.17, 15) is 0 Å². The van der Waals surface area contributed by atoms with Crippen LogP contribution in [0.4, 0.5) is 0 Å². The summed E-state index contributed by atoms with van der Waals surface area (Å²) in [6.45, 7) is 2.17. The van der Waals surface area contributed by atoms with E-state index in [1.807, 2.05) is 48.1 Å². The van der Waals surface area contributed by atoms with Gasteiger partial charge in [-0.2, -0.15) is 4.98 Å². The summed E-state index contributed by atoms with van der Waals surface area (Å²) in [5.41, 5.74) is 10.4. The van der Waals surface area contributed by atoms with E-state index in [-0.39, 0.29) is 6.04 Å². The lowest BCUT2D eigenvalue weighted by molar-refractivity contribution is 0.290. The number of aromatic nitrogens is 4. The van der Waals surface area contributed by atoms with Crippen molar-refractivity contribution in [3.05, 3.63) is 60.0 Å². The van der Waals surface area contributed by atoms with E-state index in [2.05, 4.69) is 27.3 Å². The minimum absolute atomic E-state index is 0.159. The molecule has 8 heteroatoms. The Labute approximate surface area is 184 Å². The van der Waals surface area contributed by atoms with Gasteiger partial charge in [0.25, 0.3) is 5.89 Å². The van der Waals surface area contributed by atoms with E-state index in [1.165, 1.54) is 10.9 Å². The minimum Gasteiger partial charge on any atom is -0.495 e. The van der Waals surface area contributed by atoms with Crippen molar-refractivity contribution in [3.63, 3.8) is 0 Å². The van der Waals surface area contributed by atoms with Crippen LogP contribution in [0.3, 0.4) is 0 Å². The van der Waals surface area contributed by atoms with Gasteiger partial charge in [-0.25, -0.2) is 0 Å². The smallest absolute Gasteiger partial charge is 0.274 e. The molecule has 3 N–H and O–H groups in total. The molecule has 164 valence electrons. The molecule has 8 nitrogen and oxygen atoms in total. The monoisotopic (exact) mass is 431 g/mol. The highest BCUT2D eigenvalue weighted by atomic mass is 16.5. The second-order valence-electron chi connectivity index (χ2n) is 7.90. The van der Waals surface area contributed by atoms with E-state index in [4.69, 9.17) is 19.7 Å². The quantitative estimate of drug-likeness (QED) is 0.404. The van der Waals surface area contributed by atoms with Crippen LogP contribution in [0.25, 0.3) is 33.4 Å². The van der Waals surface area contributed by atoms with Gasteiger partial charge in [-0.15, -0.1) is 0 Å². The molecule has 3 aromatic heterocycles. The molecule has 0 bridgehead atoms. The van der Waals surface area contributed by atoms with Gasteiger partial charge in [0, 0.05) is 35.6 Å². The summed E-state index contributed by atoms with van der Waals surface area (Å²) in [5.74, 6) is 2.50. The van der Waals surface area contributed by atoms with E-state index in [0.29, 0.717) is 24.7 Å². The van der Waals surface area contributed by atoms with Crippen LogP contribution in [0.5, 0.6) is 11.5 Å². The molecule has 3 heterocycles. The molecule has 1 atom stereocenters. The Hall–Kier alpha value is -3.78. The van der Waals surface area contributed by atoms with Crippen LogP contribution in [0.2, 0.25) is 0 Å². The zero-order valence-corrected chi connectivity index (χ0v) is 18.3. The number of hydrogen-bond donors (Lipinski definition) is 2. The lowest BCUT2D eigenvalue weighted by Gasteiger charge is -2.15. The molecule has 0 amide bonds. The van der Waals surface area contributed by atoms with Crippen LogP contribution in [-0.2, 0) is 13.5 Å². The number of aryl methyl sites for hydroxylation is 2. The molecule has 0 spiro atoms. The van der Waals surface area contributed by atoms with Gasteiger partial charge in [-0.3, -0.25) is 0 Å². The summed E-state index contributed by atoms with van der Waals surface area (Å²) >= 11 is 0. The Kier molecular flexibility index (Phi) is 5.07. The number of benzene rings is 2. The molecule has 5 rings (SSSR count). The average molecular weight is 431 g/mol. The molecule has 32 heavy (non-hydrogen) atoms. The largest absolute Gasteiger partial charge is 0.495 e. The predicted molar refractivity (Wildman–Crippen MR) is 123 cm³/mol. The molecule has 0 unspecified atom stereocenters. The predicted octanol–water partition coefficient (Wildman–Crippen LogP) is 3.98. The zero-order chi connectivity index (χ0) is 22.2. The highest BCUT2D eigenvalue weighted by Gasteiger charge is 2.20. The first-order valence-corrected chi connectivity index (χ1v) is 10.5. The maximum Gasteiger partial charge on any atom is 0.274 e. The number of rotatable bonds is 7. The SMILES string of the molecule is COc1ccc(OC[C@H](N)Cc2c[nH]c3ccccc23)c2cc(-c3nc(C)no3)n(C)c12. The molecule has 0 saturated heterocycles. The van der Waals surface area contributed by atoms with E-state index < -0.39 is 0 Å². The zero-order valence-electron chi connectivity index (χ0n) is 18.3. The van der Waals surface area contributed by atoms with Crippen molar-refractivity contribution in [2.45, 2.75) is 19.4 Å². The lowest BCUT2D eigenvalue weighted by Crippen LogP contribution is -2.30. The van der Waals surface area contributed by atoms with Gasteiger partial charge in [-0.1, -0.05) is 23.4 Å². The first-order chi connectivity index (χ1) is 15.5. The third kappa shape index (κ3) is 3.48. The van der Waals surface area contributed by atoms with E-state index in [1.54, 1.807) is 14.0 Å². The summed E-state index contributed by atoms with van der Waals surface area (Å²) in [6.07, 6.45) is 2.73. The van der Waals surface area contributed by atoms with Crippen LogP contribution in [0.15, 0.2) is 53.2 Å². The van der Waals surface area contributed by atoms with Crippen LogP contribution in [-0.4, -0.2) is 39.5 Å². The normalized spacial score (nSPS) is 12.5. The fraction of sp³-hybridized carbons (Fsp3) is 0.250. The fourth-order valence-corrected chi connectivity index (χ4v) is 4.14. The Morgan fingerprint density at radius 3 is 2.75 bits per heavy atom. The minimum atomic E-state index is -0.159. The summed E-state index contributed by atoms with van der Waals surface area (Å²) in [6, 6.07) is 13.8. The second-order valence-corrected chi connectivity index (χ2v) is 7.90. The molecule has 0 radical (unpaired) electrons. The van der Waals surface area contributed by atoms with Crippen LogP contribution < -0.4 is 15.2 Å². The topological polar surface area (TPSA) is 104 Å². The van der Waals surface area contributed by atoms with Gasteiger partial charge < -0.3 is 29.3 Å². The molecule has 0 aliphatic heterocycles. The first kappa shape index (κ1) is 20.1. The van der Waals surface area contributed by atoms with Gasteiger partial charge in [0.05, 0.1) is 12.6 Å². The number of H-pyrrole nitrogens is 1. The average Bonchev–Trinajstić information content (AvgIpc) is 3.50. The number of nitrogens with one attached hydrogen (secondary N) is 1. The van der Waals surface area contributed by atoms with Gasteiger partial charge in [-0.05, 0) is 43.2 Å². The van der Waals surface area contributed by atoms with E-state index >= 15 is 0 Å². The van der Waals surface area contributed by atoms with E-state index in [0.717, 1.165) is 33.6 Å². The highest BCUT2D eigenvalue weighted by Crippen LogP contribution is 2.38. The van der Waals surface area contributed by atoms with Crippen molar-refractivity contribution in [2.24, 2.45) is 12.8 Å².